The third-order valence-corrected chi connectivity index (χ3v) is 8.12. The fraction of sp³-hybridized carbons (Fsp3) is 0.323. The van der Waals surface area contributed by atoms with E-state index in [0.717, 1.165) is 50.5 Å². The van der Waals surface area contributed by atoms with E-state index in [-0.39, 0.29) is 0 Å². The van der Waals surface area contributed by atoms with E-state index in [2.05, 4.69) is 82.0 Å². The lowest BCUT2D eigenvalue weighted by molar-refractivity contribution is 0.176. The summed E-state index contributed by atoms with van der Waals surface area (Å²) in [5.41, 5.74) is 7.38. The summed E-state index contributed by atoms with van der Waals surface area (Å²) in [5.74, 6) is 2.51. The maximum Gasteiger partial charge on any atom is 0.117 e. The van der Waals surface area contributed by atoms with Crippen molar-refractivity contribution in [2.45, 2.75) is 38.5 Å². The smallest absolute Gasteiger partial charge is 0.117 e. The fourth-order valence-corrected chi connectivity index (χ4v) is 6.17. The summed E-state index contributed by atoms with van der Waals surface area (Å²) >= 11 is 0. The number of hydrogen-bond donors (Lipinski definition) is 0. The Morgan fingerprint density at radius 1 is 0.889 bits per heavy atom. The molecule has 0 radical (unpaired) electrons. The Hall–Kier alpha value is -3.57. The van der Waals surface area contributed by atoms with Gasteiger partial charge in [0.15, 0.2) is 0 Å². The summed E-state index contributed by atoms with van der Waals surface area (Å²) in [6, 6.07) is 21.2. The van der Waals surface area contributed by atoms with E-state index in [1.165, 1.54) is 51.1 Å². The van der Waals surface area contributed by atoms with Crippen LogP contribution in [0.15, 0.2) is 73.1 Å². The van der Waals surface area contributed by atoms with Crippen LogP contribution in [0.1, 0.15) is 43.1 Å². The first kappa shape index (κ1) is 21.7. The van der Waals surface area contributed by atoms with Gasteiger partial charge < -0.3 is 4.90 Å². The first-order valence-corrected chi connectivity index (χ1v) is 13.3. The number of aromatic nitrogens is 4. The summed E-state index contributed by atoms with van der Waals surface area (Å²) < 4.78 is 2.30. The molecule has 1 saturated heterocycles. The zero-order valence-electron chi connectivity index (χ0n) is 20.8. The molecule has 1 aliphatic carbocycles. The zero-order chi connectivity index (χ0) is 24.1. The second-order valence-corrected chi connectivity index (χ2v) is 10.6. The van der Waals surface area contributed by atoms with E-state index in [9.17, 15) is 0 Å². The van der Waals surface area contributed by atoms with Gasteiger partial charge in [-0.25, -0.2) is 9.97 Å². The molecule has 0 unspecified atom stereocenters. The molecule has 5 heteroatoms. The molecule has 1 aliphatic heterocycles. The van der Waals surface area contributed by atoms with Crippen molar-refractivity contribution in [2.24, 2.45) is 5.92 Å². The van der Waals surface area contributed by atoms with Crippen LogP contribution in [0.2, 0.25) is 0 Å². The number of hydrogen-bond acceptors (Lipinski definition) is 4. The van der Waals surface area contributed by atoms with E-state index < -0.39 is 0 Å². The van der Waals surface area contributed by atoms with E-state index in [1.807, 2.05) is 12.3 Å². The van der Waals surface area contributed by atoms with Gasteiger partial charge in [-0.05, 0) is 63.7 Å². The molecule has 2 aliphatic rings. The molecule has 0 amide bonds. The molecule has 36 heavy (non-hydrogen) atoms. The molecular weight excluding hydrogens is 442 g/mol. The van der Waals surface area contributed by atoms with Gasteiger partial charge in [0.25, 0.3) is 0 Å². The minimum absolute atomic E-state index is 0.518. The van der Waals surface area contributed by atoms with Crippen LogP contribution < -0.4 is 0 Å². The van der Waals surface area contributed by atoms with Crippen molar-refractivity contribution in [3.8, 4) is 22.5 Å². The molecule has 0 atom stereocenters. The molecule has 0 bridgehead atoms. The van der Waals surface area contributed by atoms with Crippen LogP contribution >= 0.6 is 0 Å². The number of aryl methyl sites for hydroxylation is 1. The minimum Gasteiger partial charge on any atom is -0.303 e. The topological polar surface area (TPSA) is 46.3 Å². The van der Waals surface area contributed by atoms with Gasteiger partial charge in [0.1, 0.15) is 5.82 Å². The predicted molar refractivity (Wildman–Crippen MR) is 145 cm³/mol. The van der Waals surface area contributed by atoms with Crippen LogP contribution in [0.5, 0.6) is 0 Å². The summed E-state index contributed by atoms with van der Waals surface area (Å²) in [5, 5.41) is 1.14. The molecular formula is C31H31N5. The third kappa shape index (κ3) is 3.79. The largest absolute Gasteiger partial charge is 0.303 e. The predicted octanol–water partition coefficient (Wildman–Crippen LogP) is 6.51. The molecule has 5 aromatic rings. The van der Waals surface area contributed by atoms with Gasteiger partial charge in [0, 0.05) is 41.4 Å². The van der Waals surface area contributed by atoms with Crippen LogP contribution in [0.3, 0.4) is 0 Å². The van der Waals surface area contributed by atoms with Crippen molar-refractivity contribution in [1.29, 1.82) is 0 Å². The van der Waals surface area contributed by atoms with Crippen molar-refractivity contribution >= 4 is 16.4 Å². The maximum absolute atomic E-state index is 5.28. The highest BCUT2D eigenvalue weighted by atomic mass is 15.1. The van der Waals surface area contributed by atoms with Gasteiger partial charge in [-0.1, -0.05) is 48.5 Å². The molecule has 180 valence electrons. The van der Waals surface area contributed by atoms with Crippen molar-refractivity contribution in [3.05, 3.63) is 84.6 Å². The second kappa shape index (κ2) is 8.82. The number of benzene rings is 2. The Morgan fingerprint density at radius 3 is 2.53 bits per heavy atom. The number of likely N-dealkylation sites (tertiary alicyclic amines) is 1. The van der Waals surface area contributed by atoms with Crippen LogP contribution in [-0.2, 0) is 0 Å². The summed E-state index contributed by atoms with van der Waals surface area (Å²) in [6.07, 6.45) is 9.20. The summed E-state index contributed by atoms with van der Waals surface area (Å²) in [6.45, 7) is 5.91. The number of pyridine rings is 1. The van der Waals surface area contributed by atoms with Crippen molar-refractivity contribution in [2.75, 3.05) is 19.6 Å². The van der Waals surface area contributed by atoms with Crippen LogP contribution in [0.4, 0.5) is 0 Å². The highest BCUT2D eigenvalue weighted by molar-refractivity contribution is 5.89. The Kier molecular flexibility index (Phi) is 5.32. The minimum atomic E-state index is 0.518. The van der Waals surface area contributed by atoms with E-state index in [1.54, 1.807) is 0 Å². The molecule has 0 spiro atoms. The molecule has 0 N–H and O–H groups in total. The standard InChI is InChI=1S/C31H31N5/c1-21-30-29(25-10-9-24-11-12-27(33-28(24)19-25)23-7-3-2-4-8-23)34-31(36(30)16-13-32-21)26-17-22(18-26)20-35-14-5-6-15-35/h2-4,7-13,16,19,22,26H,5-6,14-15,17-18,20H2,1H3. The summed E-state index contributed by atoms with van der Waals surface area (Å²) in [4.78, 5) is 17.6. The number of rotatable bonds is 5. The SMILES string of the molecule is Cc1nccn2c(C3CC(CN4CCCC4)C3)nc(-c3ccc4ccc(-c5ccccc5)nc4c3)c12. The normalized spacial score (nSPS) is 20.2. The average molecular weight is 474 g/mol. The Labute approximate surface area is 211 Å². The number of imidazole rings is 1. The first-order chi connectivity index (χ1) is 17.7. The highest BCUT2D eigenvalue weighted by Gasteiger charge is 2.35. The molecule has 2 fully saturated rings. The number of nitrogens with zero attached hydrogens (tertiary/aromatic N) is 5. The van der Waals surface area contributed by atoms with E-state index in [4.69, 9.17) is 9.97 Å². The Balaban J connectivity index is 1.25. The van der Waals surface area contributed by atoms with Crippen LogP contribution in [0.25, 0.3) is 38.9 Å². The quantitative estimate of drug-likeness (QED) is 0.292. The van der Waals surface area contributed by atoms with Gasteiger partial charge in [0.05, 0.1) is 28.1 Å². The third-order valence-electron chi connectivity index (χ3n) is 8.12. The van der Waals surface area contributed by atoms with E-state index >= 15 is 0 Å². The molecule has 7 rings (SSSR count). The highest BCUT2D eigenvalue weighted by Crippen LogP contribution is 2.43. The van der Waals surface area contributed by atoms with Gasteiger partial charge in [-0.15, -0.1) is 0 Å². The zero-order valence-corrected chi connectivity index (χ0v) is 20.8. The molecule has 3 aromatic heterocycles. The Morgan fingerprint density at radius 2 is 1.69 bits per heavy atom. The lowest BCUT2D eigenvalue weighted by Crippen LogP contribution is -2.34. The molecule has 1 saturated carbocycles. The second-order valence-electron chi connectivity index (χ2n) is 10.6. The molecule has 4 heterocycles. The van der Waals surface area contributed by atoms with Crippen LogP contribution in [0, 0.1) is 12.8 Å². The van der Waals surface area contributed by atoms with Crippen molar-refractivity contribution in [3.63, 3.8) is 0 Å². The average Bonchev–Trinajstić information content (AvgIpc) is 3.55. The Bertz CT molecular complexity index is 1540. The lowest BCUT2D eigenvalue weighted by Gasteiger charge is -2.37. The van der Waals surface area contributed by atoms with Crippen molar-refractivity contribution in [1.82, 2.24) is 24.3 Å². The van der Waals surface area contributed by atoms with Gasteiger partial charge in [0.2, 0.25) is 0 Å². The van der Waals surface area contributed by atoms with Gasteiger partial charge in [-0.2, -0.15) is 0 Å². The fourth-order valence-electron chi connectivity index (χ4n) is 6.17. The lowest BCUT2D eigenvalue weighted by atomic mass is 9.74. The number of fused-ring (bicyclic) bond motifs is 2. The molecule has 2 aromatic carbocycles. The maximum atomic E-state index is 5.28. The van der Waals surface area contributed by atoms with Gasteiger partial charge >= 0.3 is 0 Å². The van der Waals surface area contributed by atoms with Crippen LogP contribution in [-0.4, -0.2) is 43.9 Å². The first-order valence-electron chi connectivity index (χ1n) is 13.3. The van der Waals surface area contributed by atoms with Gasteiger partial charge in [-0.3, -0.25) is 9.38 Å². The van der Waals surface area contributed by atoms with Crippen molar-refractivity contribution < 1.29 is 0 Å². The molecule has 5 nitrogen and oxygen atoms in total. The monoisotopic (exact) mass is 473 g/mol. The summed E-state index contributed by atoms with van der Waals surface area (Å²) in [7, 11) is 0. The van der Waals surface area contributed by atoms with E-state index in [0.29, 0.717) is 5.92 Å².